The highest BCUT2D eigenvalue weighted by Crippen LogP contribution is 2.14. The number of nitriles is 1. The summed E-state index contributed by atoms with van der Waals surface area (Å²) >= 11 is 0. The summed E-state index contributed by atoms with van der Waals surface area (Å²) < 4.78 is 0. The van der Waals surface area contributed by atoms with E-state index in [-0.39, 0.29) is 49.6 Å². The highest BCUT2D eigenvalue weighted by Gasteiger charge is 2.28. The normalized spacial score (nSPS) is 15.5. The third kappa shape index (κ3) is 3.70. The third-order valence-corrected chi connectivity index (χ3v) is 3.63. The van der Waals surface area contributed by atoms with Crippen LogP contribution in [0.2, 0.25) is 0 Å². The lowest BCUT2D eigenvalue weighted by Gasteiger charge is -2.17. The molecule has 6 heteroatoms. The molecule has 1 heterocycles. The van der Waals surface area contributed by atoms with Crippen LogP contribution in [0, 0.1) is 11.3 Å². The van der Waals surface area contributed by atoms with Gasteiger partial charge in [0.25, 0.3) is 0 Å². The molecule has 0 aromatic heterocycles. The Labute approximate surface area is 128 Å². The molecule has 6 nitrogen and oxygen atoms in total. The zero-order valence-electron chi connectivity index (χ0n) is 12.3. The van der Waals surface area contributed by atoms with E-state index in [1.54, 1.807) is 24.3 Å². The van der Waals surface area contributed by atoms with Crippen LogP contribution in [0.3, 0.4) is 0 Å². The van der Waals surface area contributed by atoms with Crippen molar-refractivity contribution in [2.24, 2.45) is 0 Å². The molecule has 0 spiro atoms. The van der Waals surface area contributed by atoms with Gasteiger partial charge < -0.3 is 5.32 Å². The molecule has 1 aromatic rings. The average Bonchev–Trinajstić information content (AvgIpc) is 2.84. The summed E-state index contributed by atoms with van der Waals surface area (Å²) in [6.07, 6.45) is 0.572. The van der Waals surface area contributed by atoms with Crippen molar-refractivity contribution >= 4 is 17.7 Å². The molecular weight excluding hydrogens is 282 g/mol. The van der Waals surface area contributed by atoms with Gasteiger partial charge in [0.1, 0.15) is 0 Å². The zero-order valence-corrected chi connectivity index (χ0v) is 12.3. The summed E-state index contributed by atoms with van der Waals surface area (Å²) in [6.45, 7) is 1.97. The summed E-state index contributed by atoms with van der Waals surface area (Å²) in [7, 11) is 0. The zero-order chi connectivity index (χ0) is 16.1. The summed E-state index contributed by atoms with van der Waals surface area (Å²) in [5.74, 6) is -0.639. The van der Waals surface area contributed by atoms with Crippen LogP contribution in [0.15, 0.2) is 24.3 Å². The van der Waals surface area contributed by atoms with Gasteiger partial charge in [-0.15, -0.1) is 0 Å². The summed E-state index contributed by atoms with van der Waals surface area (Å²) in [6, 6.07) is 8.80. The number of hydrogen-bond donors (Lipinski definition) is 1. The van der Waals surface area contributed by atoms with E-state index >= 15 is 0 Å². The van der Waals surface area contributed by atoms with Crippen LogP contribution in [0.4, 0.5) is 0 Å². The van der Waals surface area contributed by atoms with E-state index in [9.17, 15) is 14.4 Å². The monoisotopic (exact) mass is 299 g/mol. The molecule has 0 bridgehead atoms. The molecule has 0 saturated carbocycles. The van der Waals surface area contributed by atoms with Crippen LogP contribution in [-0.2, 0) is 14.4 Å². The Bertz CT molecular complexity index is 615. The maximum Gasteiger partial charge on any atom is 0.229 e. The van der Waals surface area contributed by atoms with Crippen LogP contribution in [-0.4, -0.2) is 29.2 Å². The fraction of sp³-hybridized carbons (Fsp3) is 0.375. The Morgan fingerprint density at radius 1 is 1.27 bits per heavy atom. The molecule has 1 unspecified atom stereocenters. The molecule has 1 aromatic carbocycles. The van der Waals surface area contributed by atoms with E-state index in [4.69, 9.17) is 5.26 Å². The first kappa shape index (κ1) is 15.7. The Balaban J connectivity index is 1.84. The van der Waals surface area contributed by atoms with Crippen molar-refractivity contribution in [3.8, 4) is 6.07 Å². The smallest absolute Gasteiger partial charge is 0.229 e. The van der Waals surface area contributed by atoms with Crippen LogP contribution in [0.5, 0.6) is 0 Å². The highest BCUT2D eigenvalue weighted by molar-refractivity contribution is 6.02. The molecule has 1 N–H and O–H groups in total. The van der Waals surface area contributed by atoms with E-state index in [0.717, 1.165) is 10.5 Å². The number of hydrogen-bond acceptors (Lipinski definition) is 4. The van der Waals surface area contributed by atoms with Crippen LogP contribution >= 0.6 is 0 Å². The standard InChI is InChI=1S/C16H17N3O3/c1-11(13-4-2-12(10-17)3-5-13)18-14(20)8-9-19-15(21)6-7-16(19)22/h2-5,11H,6-9H2,1H3,(H,18,20). The highest BCUT2D eigenvalue weighted by atomic mass is 16.2. The van der Waals surface area contributed by atoms with Crippen LogP contribution < -0.4 is 5.32 Å². The minimum absolute atomic E-state index is 0.0953. The first-order valence-corrected chi connectivity index (χ1v) is 7.14. The molecule has 1 aliphatic heterocycles. The molecule has 114 valence electrons. The lowest BCUT2D eigenvalue weighted by atomic mass is 10.1. The Hall–Kier alpha value is -2.68. The molecule has 1 fully saturated rings. The van der Waals surface area contributed by atoms with E-state index in [1.165, 1.54) is 0 Å². The Kier molecular flexibility index (Phi) is 4.89. The SMILES string of the molecule is CC(NC(=O)CCN1C(=O)CCC1=O)c1ccc(C#N)cc1. The second-order valence-electron chi connectivity index (χ2n) is 5.21. The number of amides is 3. The number of imide groups is 1. The summed E-state index contributed by atoms with van der Waals surface area (Å²) in [5, 5.41) is 11.6. The van der Waals surface area contributed by atoms with Crippen molar-refractivity contribution in [3.63, 3.8) is 0 Å². The van der Waals surface area contributed by atoms with Gasteiger partial charge in [0.05, 0.1) is 17.7 Å². The van der Waals surface area contributed by atoms with Gasteiger partial charge in [-0.2, -0.15) is 5.26 Å². The molecule has 1 atom stereocenters. The number of carbonyl (C=O) groups excluding carboxylic acids is 3. The maximum absolute atomic E-state index is 11.9. The predicted octanol–water partition coefficient (Wildman–Crippen LogP) is 1.27. The number of carbonyl (C=O) groups is 3. The lowest BCUT2D eigenvalue weighted by Crippen LogP contribution is -2.34. The number of likely N-dealkylation sites (tertiary alicyclic amines) is 1. The molecule has 3 amide bonds. The number of nitrogens with zero attached hydrogens (tertiary/aromatic N) is 2. The van der Waals surface area contributed by atoms with E-state index in [1.807, 2.05) is 13.0 Å². The average molecular weight is 299 g/mol. The van der Waals surface area contributed by atoms with Crippen molar-refractivity contribution in [1.82, 2.24) is 10.2 Å². The van der Waals surface area contributed by atoms with Gasteiger partial charge in [-0.1, -0.05) is 12.1 Å². The van der Waals surface area contributed by atoms with Gasteiger partial charge in [0, 0.05) is 25.8 Å². The minimum atomic E-state index is -0.218. The van der Waals surface area contributed by atoms with Crippen LogP contribution in [0.25, 0.3) is 0 Å². The fourth-order valence-corrected chi connectivity index (χ4v) is 2.33. The molecular formula is C16H17N3O3. The largest absolute Gasteiger partial charge is 0.350 e. The summed E-state index contributed by atoms with van der Waals surface area (Å²) in [4.78, 5) is 35.9. The first-order valence-electron chi connectivity index (χ1n) is 7.14. The molecule has 0 aliphatic carbocycles. The number of benzene rings is 1. The lowest BCUT2D eigenvalue weighted by molar-refractivity contribution is -0.138. The Morgan fingerprint density at radius 3 is 2.41 bits per heavy atom. The number of rotatable bonds is 5. The molecule has 1 aliphatic rings. The first-order chi connectivity index (χ1) is 10.5. The molecule has 0 radical (unpaired) electrons. The van der Waals surface area contributed by atoms with E-state index < -0.39 is 0 Å². The molecule has 1 saturated heterocycles. The maximum atomic E-state index is 11.9. The fourth-order valence-electron chi connectivity index (χ4n) is 2.33. The Morgan fingerprint density at radius 2 is 1.86 bits per heavy atom. The van der Waals surface area contributed by atoms with E-state index in [2.05, 4.69) is 5.32 Å². The molecule has 2 rings (SSSR count). The van der Waals surface area contributed by atoms with Crippen molar-refractivity contribution in [1.29, 1.82) is 5.26 Å². The van der Waals surface area contributed by atoms with Crippen molar-refractivity contribution in [2.45, 2.75) is 32.2 Å². The number of nitrogens with one attached hydrogen (secondary N) is 1. The van der Waals surface area contributed by atoms with Gasteiger partial charge in [-0.3, -0.25) is 19.3 Å². The molecule has 22 heavy (non-hydrogen) atoms. The second kappa shape index (κ2) is 6.85. The van der Waals surface area contributed by atoms with Gasteiger partial charge in [0.2, 0.25) is 17.7 Å². The topological polar surface area (TPSA) is 90.3 Å². The van der Waals surface area contributed by atoms with Crippen molar-refractivity contribution in [2.75, 3.05) is 6.54 Å². The van der Waals surface area contributed by atoms with Gasteiger partial charge in [-0.05, 0) is 24.6 Å². The van der Waals surface area contributed by atoms with Gasteiger partial charge in [-0.25, -0.2) is 0 Å². The van der Waals surface area contributed by atoms with E-state index in [0.29, 0.717) is 5.56 Å². The third-order valence-electron chi connectivity index (χ3n) is 3.63. The van der Waals surface area contributed by atoms with Crippen LogP contribution in [0.1, 0.15) is 43.4 Å². The quantitative estimate of drug-likeness (QED) is 0.829. The second-order valence-corrected chi connectivity index (χ2v) is 5.21. The van der Waals surface area contributed by atoms with Gasteiger partial charge >= 0.3 is 0 Å². The van der Waals surface area contributed by atoms with Gasteiger partial charge in [0.15, 0.2) is 0 Å². The van der Waals surface area contributed by atoms with Crippen molar-refractivity contribution < 1.29 is 14.4 Å². The minimum Gasteiger partial charge on any atom is -0.350 e. The summed E-state index contributed by atoms with van der Waals surface area (Å²) in [5.41, 5.74) is 1.45. The van der Waals surface area contributed by atoms with Crippen molar-refractivity contribution in [3.05, 3.63) is 35.4 Å². The predicted molar refractivity (Wildman–Crippen MR) is 78.3 cm³/mol.